The second kappa shape index (κ2) is 6.86. The van der Waals surface area contributed by atoms with Gasteiger partial charge in [0.25, 0.3) is 0 Å². The van der Waals surface area contributed by atoms with E-state index in [4.69, 9.17) is 9.73 Å². The standard InChI is InChI=1S/C17H19N5O4S/c1-2-17-5-4-12(21-6-3-7-26-10-21)20-15(17)22(16-18-9-19-27-16)8-11(13(17)23)14(24)25/h4,8-9H,2-3,5-7,10H2,1H3,(H,24,25). The fourth-order valence-corrected chi connectivity index (χ4v) is 4.13. The molecule has 1 unspecified atom stereocenters. The quantitative estimate of drug-likeness (QED) is 0.774. The molecule has 1 aromatic heterocycles. The number of carboxylic acids is 1. The van der Waals surface area contributed by atoms with E-state index in [9.17, 15) is 14.7 Å². The fourth-order valence-electron chi connectivity index (χ4n) is 3.62. The number of aliphatic carboxylic acids is 1. The van der Waals surface area contributed by atoms with Crippen molar-refractivity contribution in [3.05, 3.63) is 30.0 Å². The van der Waals surface area contributed by atoms with Crippen LogP contribution in [0.5, 0.6) is 0 Å². The number of allylic oxidation sites excluding steroid dienone is 1. The first-order valence-electron chi connectivity index (χ1n) is 8.74. The maximum Gasteiger partial charge on any atom is 0.340 e. The van der Waals surface area contributed by atoms with Gasteiger partial charge in [0.2, 0.25) is 5.13 Å². The Kier molecular flexibility index (Phi) is 4.52. The molecule has 10 heteroatoms. The topological polar surface area (TPSA) is 108 Å². The van der Waals surface area contributed by atoms with Crippen molar-refractivity contribution in [1.82, 2.24) is 14.3 Å². The second-order valence-electron chi connectivity index (χ2n) is 6.56. The number of nitrogens with zero attached hydrogens (tertiary/aromatic N) is 5. The molecule has 9 nitrogen and oxygen atoms in total. The maximum absolute atomic E-state index is 13.1. The Morgan fingerprint density at radius 3 is 2.96 bits per heavy atom. The second-order valence-corrected chi connectivity index (χ2v) is 7.32. The molecule has 1 atom stereocenters. The van der Waals surface area contributed by atoms with Gasteiger partial charge in [0, 0.05) is 24.3 Å². The molecule has 0 spiro atoms. The van der Waals surface area contributed by atoms with E-state index in [1.807, 2.05) is 17.9 Å². The number of anilines is 1. The van der Waals surface area contributed by atoms with Crippen molar-refractivity contribution in [2.45, 2.75) is 26.2 Å². The van der Waals surface area contributed by atoms with Crippen LogP contribution in [0.3, 0.4) is 0 Å². The molecule has 1 aromatic rings. The number of ketones is 1. The zero-order chi connectivity index (χ0) is 19.0. The van der Waals surface area contributed by atoms with Crippen LogP contribution in [0.25, 0.3) is 0 Å². The van der Waals surface area contributed by atoms with Crippen molar-refractivity contribution in [3.63, 3.8) is 0 Å². The lowest BCUT2D eigenvalue weighted by molar-refractivity contribution is -0.136. The minimum Gasteiger partial charge on any atom is -0.478 e. The first-order chi connectivity index (χ1) is 13.1. The average molecular weight is 389 g/mol. The summed E-state index contributed by atoms with van der Waals surface area (Å²) in [5.41, 5.74) is -1.28. The summed E-state index contributed by atoms with van der Waals surface area (Å²) in [6.07, 6.45) is 6.34. The third-order valence-electron chi connectivity index (χ3n) is 5.12. The van der Waals surface area contributed by atoms with Gasteiger partial charge in [-0.1, -0.05) is 6.92 Å². The third kappa shape index (κ3) is 2.85. The number of amidine groups is 1. The van der Waals surface area contributed by atoms with Gasteiger partial charge in [-0.3, -0.25) is 9.69 Å². The lowest BCUT2D eigenvalue weighted by atomic mass is 9.71. The molecule has 27 heavy (non-hydrogen) atoms. The van der Waals surface area contributed by atoms with Gasteiger partial charge in [0.15, 0.2) is 5.78 Å². The highest BCUT2D eigenvalue weighted by molar-refractivity contribution is 7.09. The lowest BCUT2D eigenvalue weighted by Crippen LogP contribution is -2.53. The number of aliphatic imine (C=N–C) groups is 1. The number of ether oxygens (including phenoxy) is 1. The molecule has 1 N–H and O–H groups in total. The molecular weight excluding hydrogens is 370 g/mol. The van der Waals surface area contributed by atoms with Crippen LogP contribution in [0.15, 0.2) is 35.0 Å². The van der Waals surface area contributed by atoms with Crippen LogP contribution in [0.1, 0.15) is 26.2 Å². The van der Waals surface area contributed by atoms with Crippen LogP contribution in [0, 0.1) is 5.41 Å². The van der Waals surface area contributed by atoms with Gasteiger partial charge in [-0.15, -0.1) is 0 Å². The van der Waals surface area contributed by atoms with E-state index in [0.29, 0.717) is 30.5 Å². The molecule has 1 fully saturated rings. The van der Waals surface area contributed by atoms with Crippen LogP contribution in [-0.2, 0) is 14.3 Å². The average Bonchev–Trinajstić information content (AvgIpc) is 3.23. The highest BCUT2D eigenvalue weighted by Gasteiger charge is 2.51. The summed E-state index contributed by atoms with van der Waals surface area (Å²) < 4.78 is 9.53. The number of hydrogen-bond donors (Lipinski definition) is 1. The normalized spacial score (nSPS) is 25.5. The van der Waals surface area contributed by atoms with Crippen LogP contribution in [-0.4, -0.2) is 56.8 Å². The fraction of sp³-hybridized carbons (Fsp3) is 0.471. The van der Waals surface area contributed by atoms with Crippen LogP contribution < -0.4 is 4.90 Å². The predicted octanol–water partition coefficient (Wildman–Crippen LogP) is 1.62. The Balaban J connectivity index is 1.83. The molecule has 3 aliphatic rings. The highest BCUT2D eigenvalue weighted by Crippen LogP contribution is 2.43. The van der Waals surface area contributed by atoms with Crippen molar-refractivity contribution >= 4 is 34.3 Å². The number of hydrogen-bond acceptors (Lipinski definition) is 9. The number of aromatic nitrogens is 2. The van der Waals surface area contributed by atoms with Gasteiger partial charge in [0.1, 0.15) is 30.3 Å². The summed E-state index contributed by atoms with van der Waals surface area (Å²) in [5, 5.41) is 10.0. The molecule has 4 rings (SSSR count). The van der Waals surface area contributed by atoms with E-state index < -0.39 is 17.2 Å². The Labute approximate surface area is 159 Å². The van der Waals surface area contributed by atoms with Gasteiger partial charge in [0.05, 0.1) is 12.0 Å². The summed E-state index contributed by atoms with van der Waals surface area (Å²) in [7, 11) is 0. The molecule has 0 aliphatic carbocycles. The number of fused-ring (bicyclic) bond motifs is 1. The monoisotopic (exact) mass is 389 g/mol. The number of carbonyl (C=O) groups is 2. The van der Waals surface area contributed by atoms with Crippen LogP contribution in [0.2, 0.25) is 0 Å². The summed E-state index contributed by atoms with van der Waals surface area (Å²) in [4.78, 5) is 37.4. The smallest absolute Gasteiger partial charge is 0.340 e. The number of rotatable bonds is 4. The number of Topliss-reactive ketones (excluding diaryl/α,β-unsaturated/α-hetero) is 1. The zero-order valence-electron chi connectivity index (χ0n) is 14.8. The summed E-state index contributed by atoms with van der Waals surface area (Å²) in [5.74, 6) is -0.425. The molecule has 0 bridgehead atoms. The molecule has 1 saturated heterocycles. The third-order valence-corrected chi connectivity index (χ3v) is 5.79. The van der Waals surface area contributed by atoms with Crippen LogP contribution in [0.4, 0.5) is 5.13 Å². The number of carbonyl (C=O) groups excluding carboxylic acids is 1. The predicted molar refractivity (Wildman–Crippen MR) is 98.1 cm³/mol. The molecular formula is C17H19N5O4S. The Morgan fingerprint density at radius 2 is 2.33 bits per heavy atom. The first kappa shape index (κ1) is 17.8. The van der Waals surface area contributed by atoms with Crippen molar-refractivity contribution in [2.75, 3.05) is 24.8 Å². The van der Waals surface area contributed by atoms with E-state index in [-0.39, 0.29) is 5.57 Å². The van der Waals surface area contributed by atoms with Gasteiger partial charge in [-0.05, 0) is 25.3 Å². The molecule has 4 heterocycles. The SMILES string of the molecule is CCC12CC=C(N3CCCOC3)N=C1N(c1ncns1)C=C(C(=O)O)C2=O. The Bertz CT molecular complexity index is 857. The van der Waals surface area contributed by atoms with Gasteiger partial charge < -0.3 is 14.7 Å². The molecule has 3 aliphatic heterocycles. The van der Waals surface area contributed by atoms with Gasteiger partial charge in [-0.25, -0.2) is 14.8 Å². The van der Waals surface area contributed by atoms with E-state index in [2.05, 4.69) is 9.36 Å². The molecule has 0 amide bonds. The summed E-state index contributed by atoms with van der Waals surface area (Å²) in [6.45, 7) is 3.87. The summed E-state index contributed by atoms with van der Waals surface area (Å²) >= 11 is 1.12. The van der Waals surface area contributed by atoms with Crippen molar-refractivity contribution in [2.24, 2.45) is 10.4 Å². The molecule has 0 radical (unpaired) electrons. The molecule has 0 aromatic carbocycles. The minimum absolute atomic E-state index is 0.260. The van der Waals surface area contributed by atoms with E-state index >= 15 is 0 Å². The van der Waals surface area contributed by atoms with E-state index in [0.717, 1.165) is 36.9 Å². The van der Waals surface area contributed by atoms with Gasteiger partial charge in [-0.2, -0.15) is 4.37 Å². The minimum atomic E-state index is -1.25. The van der Waals surface area contributed by atoms with Crippen LogP contribution >= 0.6 is 11.5 Å². The van der Waals surface area contributed by atoms with Crippen molar-refractivity contribution in [3.8, 4) is 0 Å². The van der Waals surface area contributed by atoms with E-state index in [1.54, 1.807) is 4.90 Å². The highest BCUT2D eigenvalue weighted by atomic mass is 32.1. The van der Waals surface area contributed by atoms with Gasteiger partial charge >= 0.3 is 5.97 Å². The van der Waals surface area contributed by atoms with Crippen molar-refractivity contribution < 1.29 is 19.4 Å². The zero-order valence-corrected chi connectivity index (χ0v) is 15.6. The van der Waals surface area contributed by atoms with Crippen molar-refractivity contribution in [1.29, 1.82) is 0 Å². The van der Waals surface area contributed by atoms with E-state index in [1.165, 1.54) is 12.5 Å². The maximum atomic E-state index is 13.1. The molecule has 0 saturated carbocycles. The largest absolute Gasteiger partial charge is 0.478 e. The Morgan fingerprint density at radius 1 is 1.48 bits per heavy atom. The molecule has 142 valence electrons. The first-order valence-corrected chi connectivity index (χ1v) is 9.52. The summed E-state index contributed by atoms with van der Waals surface area (Å²) in [6, 6.07) is 0. The lowest BCUT2D eigenvalue weighted by Gasteiger charge is -2.42. The number of carboxylic acid groups (broad SMARTS) is 1. The Hall–Kier alpha value is -2.59.